The molecule has 154 valence electrons. The van der Waals surface area contributed by atoms with Crippen molar-refractivity contribution in [1.29, 1.82) is 0 Å². The fraction of sp³-hybridized carbons (Fsp3) is 0.435. The minimum Gasteiger partial charge on any atom is -0.449 e. The van der Waals surface area contributed by atoms with Crippen LogP contribution in [0.25, 0.3) is 0 Å². The minimum absolute atomic E-state index is 0.246. The maximum Gasteiger partial charge on any atom is 0.414 e. The Labute approximate surface area is 182 Å². The molecule has 1 atom stereocenters. The zero-order valence-electron chi connectivity index (χ0n) is 16.4. The van der Waals surface area contributed by atoms with Crippen molar-refractivity contribution >= 4 is 35.0 Å². The van der Waals surface area contributed by atoms with E-state index in [0.29, 0.717) is 25.0 Å². The van der Waals surface area contributed by atoms with Crippen LogP contribution in [0.3, 0.4) is 0 Å². The molecule has 2 saturated heterocycles. The summed E-state index contributed by atoms with van der Waals surface area (Å²) < 4.78 is 5.46. The van der Waals surface area contributed by atoms with Gasteiger partial charge in [0.05, 0.1) is 6.61 Å². The van der Waals surface area contributed by atoms with Gasteiger partial charge in [-0.1, -0.05) is 41.4 Å². The van der Waals surface area contributed by atoms with Crippen LogP contribution in [0.15, 0.2) is 48.5 Å². The first kappa shape index (κ1) is 20.5. The number of ether oxygens (including phenoxy) is 1. The molecule has 0 N–H and O–H groups in total. The highest BCUT2D eigenvalue weighted by molar-refractivity contribution is 6.33. The van der Waals surface area contributed by atoms with Crippen molar-refractivity contribution in [3.05, 3.63) is 64.1 Å². The Hall–Kier alpha value is -1.75. The summed E-state index contributed by atoms with van der Waals surface area (Å²) >= 11 is 12.5. The minimum atomic E-state index is -0.246. The van der Waals surface area contributed by atoms with Gasteiger partial charge in [-0.3, -0.25) is 4.90 Å². The molecule has 0 aromatic heterocycles. The van der Waals surface area contributed by atoms with E-state index in [1.807, 2.05) is 48.5 Å². The maximum absolute atomic E-state index is 12.2. The summed E-state index contributed by atoms with van der Waals surface area (Å²) in [5.41, 5.74) is 2.05. The van der Waals surface area contributed by atoms with E-state index < -0.39 is 0 Å². The van der Waals surface area contributed by atoms with Crippen molar-refractivity contribution in [1.82, 2.24) is 4.90 Å². The second-order valence-electron chi connectivity index (χ2n) is 8.07. The Morgan fingerprint density at radius 2 is 1.76 bits per heavy atom. The van der Waals surface area contributed by atoms with Gasteiger partial charge in [-0.2, -0.15) is 0 Å². The standard InChI is InChI=1S/C23H26Cl2N2O2/c24-20-6-7-22(25)19(13-20)12-17-8-10-26(11-9-17)14-18-15-27(23(28)29-16-18)21-4-2-1-3-5-21/h1-7,13,17-18H,8-12,14-16H2. The first-order valence-electron chi connectivity index (χ1n) is 10.2. The molecular weight excluding hydrogens is 407 g/mol. The number of halogens is 2. The van der Waals surface area contributed by atoms with Crippen LogP contribution in [0.5, 0.6) is 0 Å². The highest BCUT2D eigenvalue weighted by Crippen LogP contribution is 2.28. The molecule has 0 bridgehead atoms. The van der Waals surface area contributed by atoms with E-state index in [1.165, 1.54) is 0 Å². The number of hydrogen-bond acceptors (Lipinski definition) is 3. The largest absolute Gasteiger partial charge is 0.449 e. The van der Waals surface area contributed by atoms with Gasteiger partial charge in [0.15, 0.2) is 0 Å². The lowest BCUT2D eigenvalue weighted by Gasteiger charge is -2.37. The summed E-state index contributed by atoms with van der Waals surface area (Å²) in [5.74, 6) is 0.957. The Morgan fingerprint density at radius 3 is 2.52 bits per heavy atom. The maximum atomic E-state index is 12.2. The van der Waals surface area contributed by atoms with E-state index >= 15 is 0 Å². The number of nitrogens with zero attached hydrogens (tertiary/aromatic N) is 2. The van der Waals surface area contributed by atoms with Crippen LogP contribution in [-0.4, -0.2) is 43.8 Å². The second kappa shape index (κ2) is 9.38. The molecule has 0 spiro atoms. The van der Waals surface area contributed by atoms with Crippen molar-refractivity contribution in [2.45, 2.75) is 19.3 Å². The van der Waals surface area contributed by atoms with E-state index in [2.05, 4.69) is 4.90 Å². The fourth-order valence-corrected chi connectivity index (χ4v) is 4.72. The van der Waals surface area contributed by atoms with Gasteiger partial charge in [0.2, 0.25) is 0 Å². The van der Waals surface area contributed by atoms with Crippen LogP contribution >= 0.6 is 23.2 Å². The van der Waals surface area contributed by atoms with Gasteiger partial charge < -0.3 is 9.64 Å². The first-order chi connectivity index (χ1) is 14.1. The summed E-state index contributed by atoms with van der Waals surface area (Å²) in [4.78, 5) is 16.4. The van der Waals surface area contributed by atoms with Crippen molar-refractivity contribution in [2.24, 2.45) is 11.8 Å². The molecule has 2 heterocycles. The third-order valence-corrected chi connectivity index (χ3v) is 6.52. The van der Waals surface area contributed by atoms with Crippen molar-refractivity contribution < 1.29 is 9.53 Å². The number of amides is 1. The zero-order chi connectivity index (χ0) is 20.2. The lowest BCUT2D eigenvalue weighted by atomic mass is 9.89. The predicted molar refractivity (Wildman–Crippen MR) is 118 cm³/mol. The average molecular weight is 433 g/mol. The van der Waals surface area contributed by atoms with Gasteiger partial charge in [0.25, 0.3) is 0 Å². The molecule has 2 aliphatic heterocycles. The van der Waals surface area contributed by atoms with Gasteiger partial charge in [0, 0.05) is 34.7 Å². The molecule has 4 rings (SSSR count). The molecular formula is C23H26Cl2N2O2. The van der Waals surface area contributed by atoms with Gasteiger partial charge in [-0.25, -0.2) is 4.79 Å². The summed E-state index contributed by atoms with van der Waals surface area (Å²) in [5, 5.41) is 1.55. The number of carbonyl (C=O) groups excluding carboxylic acids is 1. The zero-order valence-corrected chi connectivity index (χ0v) is 17.9. The third-order valence-electron chi connectivity index (χ3n) is 5.91. The van der Waals surface area contributed by atoms with Crippen LogP contribution in [0.2, 0.25) is 10.0 Å². The summed E-state index contributed by atoms with van der Waals surface area (Å²) in [6, 6.07) is 15.5. The topological polar surface area (TPSA) is 32.8 Å². The number of likely N-dealkylation sites (tertiary alicyclic amines) is 1. The normalized spacial score (nSPS) is 21.2. The van der Waals surface area contributed by atoms with Crippen molar-refractivity contribution in [2.75, 3.05) is 37.7 Å². The van der Waals surface area contributed by atoms with Crippen molar-refractivity contribution in [3.8, 4) is 0 Å². The molecule has 1 unspecified atom stereocenters. The van der Waals surface area contributed by atoms with E-state index in [0.717, 1.165) is 60.2 Å². The Kier molecular flexibility index (Phi) is 6.63. The van der Waals surface area contributed by atoms with E-state index in [9.17, 15) is 4.79 Å². The van der Waals surface area contributed by atoms with Gasteiger partial charge in [0.1, 0.15) is 0 Å². The van der Waals surface area contributed by atoms with E-state index in [-0.39, 0.29) is 6.09 Å². The molecule has 29 heavy (non-hydrogen) atoms. The number of benzene rings is 2. The van der Waals surface area contributed by atoms with E-state index in [1.54, 1.807) is 4.90 Å². The summed E-state index contributed by atoms with van der Waals surface area (Å²) in [6.07, 6.45) is 3.04. The Morgan fingerprint density at radius 1 is 1.00 bits per heavy atom. The molecule has 2 aromatic rings. The average Bonchev–Trinajstić information content (AvgIpc) is 2.74. The molecule has 4 nitrogen and oxygen atoms in total. The Balaban J connectivity index is 1.28. The van der Waals surface area contributed by atoms with Gasteiger partial charge >= 0.3 is 6.09 Å². The molecule has 1 amide bonds. The van der Waals surface area contributed by atoms with Crippen molar-refractivity contribution in [3.63, 3.8) is 0 Å². The van der Waals surface area contributed by atoms with Crippen LogP contribution in [-0.2, 0) is 11.2 Å². The van der Waals surface area contributed by atoms with Crippen LogP contribution < -0.4 is 4.90 Å². The molecule has 0 aliphatic carbocycles. The number of piperidine rings is 1. The van der Waals surface area contributed by atoms with Crippen LogP contribution in [0, 0.1) is 11.8 Å². The summed E-state index contributed by atoms with van der Waals surface area (Å²) in [7, 11) is 0. The number of carbonyl (C=O) groups is 1. The lowest BCUT2D eigenvalue weighted by molar-refractivity contribution is 0.0870. The number of rotatable bonds is 5. The monoisotopic (exact) mass is 432 g/mol. The number of para-hydroxylation sites is 1. The molecule has 2 fully saturated rings. The van der Waals surface area contributed by atoms with Crippen LogP contribution in [0.1, 0.15) is 18.4 Å². The number of cyclic esters (lactones) is 1. The predicted octanol–water partition coefficient (Wildman–Crippen LogP) is 5.52. The highest BCUT2D eigenvalue weighted by Gasteiger charge is 2.30. The molecule has 6 heteroatoms. The second-order valence-corrected chi connectivity index (χ2v) is 8.92. The quantitative estimate of drug-likeness (QED) is 0.623. The van der Waals surface area contributed by atoms with Gasteiger partial charge in [-0.05, 0) is 74.2 Å². The smallest absolute Gasteiger partial charge is 0.414 e. The highest BCUT2D eigenvalue weighted by atomic mass is 35.5. The third kappa shape index (κ3) is 5.25. The molecule has 0 saturated carbocycles. The number of anilines is 1. The first-order valence-corrected chi connectivity index (χ1v) is 11.0. The SMILES string of the molecule is O=C1OCC(CN2CCC(Cc3cc(Cl)ccc3Cl)CC2)CN1c1ccccc1. The van der Waals surface area contributed by atoms with Gasteiger partial charge in [-0.15, -0.1) is 0 Å². The Bertz CT molecular complexity index is 838. The molecule has 2 aromatic carbocycles. The fourth-order valence-electron chi connectivity index (χ4n) is 4.33. The van der Waals surface area contributed by atoms with E-state index in [4.69, 9.17) is 27.9 Å². The van der Waals surface area contributed by atoms with Crippen LogP contribution in [0.4, 0.5) is 10.5 Å². The molecule has 2 aliphatic rings. The summed E-state index contributed by atoms with van der Waals surface area (Å²) in [6.45, 7) is 4.31. The molecule has 0 radical (unpaired) electrons. The number of hydrogen-bond donors (Lipinski definition) is 0. The lowest BCUT2D eigenvalue weighted by Crippen LogP contribution is -2.48.